The van der Waals surface area contributed by atoms with Crippen LogP contribution in [0.5, 0.6) is 0 Å². The summed E-state index contributed by atoms with van der Waals surface area (Å²) < 4.78 is 33.1. The number of nitrogens with zero attached hydrogens (tertiary/aromatic N) is 1. The van der Waals surface area contributed by atoms with E-state index in [0.717, 1.165) is 12.8 Å². The predicted octanol–water partition coefficient (Wildman–Crippen LogP) is 2.14. The van der Waals surface area contributed by atoms with Crippen LogP contribution in [0.15, 0.2) is 0 Å². The topological polar surface area (TPSA) is 75.7 Å². The van der Waals surface area contributed by atoms with Gasteiger partial charge in [-0.25, -0.2) is 13.1 Å². The van der Waals surface area contributed by atoms with Crippen molar-refractivity contribution in [1.82, 2.24) is 9.62 Å². The zero-order valence-electron chi connectivity index (χ0n) is 16.8. The zero-order valence-corrected chi connectivity index (χ0v) is 17.6. The predicted molar refractivity (Wildman–Crippen MR) is 101 cm³/mol. The van der Waals surface area contributed by atoms with Crippen molar-refractivity contribution in [3.05, 3.63) is 0 Å². The minimum absolute atomic E-state index is 0.0825. The van der Waals surface area contributed by atoms with Gasteiger partial charge in [-0.3, -0.25) is 9.69 Å². The molecule has 150 valence electrons. The second-order valence-electron chi connectivity index (χ2n) is 8.91. The first-order valence-corrected chi connectivity index (χ1v) is 11.6. The molecule has 0 amide bonds. The Morgan fingerprint density at radius 1 is 1.15 bits per heavy atom. The summed E-state index contributed by atoms with van der Waals surface area (Å²) in [6.07, 6.45) is 1.91. The molecule has 3 aliphatic rings. The Morgan fingerprint density at radius 2 is 1.77 bits per heavy atom. The number of ether oxygens (including phenoxy) is 1. The summed E-state index contributed by atoms with van der Waals surface area (Å²) in [5.41, 5.74) is 0. The Bertz CT molecular complexity index is 640. The molecule has 1 saturated heterocycles. The minimum atomic E-state index is -3.23. The van der Waals surface area contributed by atoms with Crippen LogP contribution in [0.2, 0.25) is 0 Å². The van der Waals surface area contributed by atoms with Gasteiger partial charge in [-0.05, 0) is 65.7 Å². The van der Waals surface area contributed by atoms with Gasteiger partial charge in [0.25, 0.3) is 0 Å². The Balaban J connectivity index is 1.71. The van der Waals surface area contributed by atoms with Crippen LogP contribution < -0.4 is 4.72 Å². The summed E-state index contributed by atoms with van der Waals surface area (Å²) in [6, 6.07) is 0.555. The smallest absolute Gasteiger partial charge is 0.310 e. The van der Waals surface area contributed by atoms with Gasteiger partial charge in [-0.2, -0.15) is 0 Å². The molecular formula is C19H34N2O4S. The summed E-state index contributed by atoms with van der Waals surface area (Å²) in [4.78, 5) is 15.4. The number of nitrogens with one attached hydrogen (secondary N) is 1. The van der Waals surface area contributed by atoms with Gasteiger partial charge in [0.05, 0.1) is 17.2 Å². The Kier molecular flexibility index (Phi) is 5.45. The third-order valence-corrected chi connectivity index (χ3v) is 8.75. The molecule has 26 heavy (non-hydrogen) atoms. The summed E-state index contributed by atoms with van der Waals surface area (Å²) in [5, 5.41) is -0.272. The standard InChI is InChI=1S/C19H34N2O4S/c1-7-14(12(6)21(10(2)3)11(4)5)19(22)25-18-13-8-15-16(9-13)26(23,24)20-17(15)18/h10-18,20H,7-9H2,1-6H3. The molecule has 0 aromatic heterocycles. The van der Waals surface area contributed by atoms with E-state index in [9.17, 15) is 13.2 Å². The number of hydrogen-bond acceptors (Lipinski definition) is 5. The fourth-order valence-electron chi connectivity index (χ4n) is 5.88. The molecule has 7 heteroatoms. The van der Waals surface area contributed by atoms with Crippen LogP contribution in [0.1, 0.15) is 60.8 Å². The van der Waals surface area contributed by atoms with Crippen molar-refractivity contribution >= 4 is 16.0 Å². The third-order valence-electron chi connectivity index (χ3n) is 6.81. The second kappa shape index (κ2) is 7.06. The molecule has 2 bridgehead atoms. The molecule has 0 aromatic carbocycles. The van der Waals surface area contributed by atoms with E-state index < -0.39 is 10.0 Å². The molecule has 0 radical (unpaired) electrons. The van der Waals surface area contributed by atoms with Gasteiger partial charge in [0.1, 0.15) is 6.10 Å². The maximum Gasteiger partial charge on any atom is 0.310 e. The number of esters is 1. The normalized spacial score (nSPS) is 36.9. The molecule has 3 fully saturated rings. The lowest BCUT2D eigenvalue weighted by Crippen LogP contribution is -2.50. The molecule has 1 aliphatic heterocycles. The largest absolute Gasteiger partial charge is 0.460 e. The summed E-state index contributed by atoms with van der Waals surface area (Å²) in [6.45, 7) is 12.7. The number of hydrogen-bond donors (Lipinski definition) is 1. The molecule has 2 aliphatic carbocycles. The van der Waals surface area contributed by atoms with Crippen LogP contribution in [0.3, 0.4) is 0 Å². The molecule has 6 nitrogen and oxygen atoms in total. The van der Waals surface area contributed by atoms with Crippen LogP contribution in [-0.2, 0) is 19.6 Å². The van der Waals surface area contributed by atoms with Crippen molar-refractivity contribution in [3.63, 3.8) is 0 Å². The summed E-state index contributed by atoms with van der Waals surface area (Å²) in [7, 11) is -3.23. The highest BCUT2D eigenvalue weighted by Crippen LogP contribution is 2.52. The van der Waals surface area contributed by atoms with E-state index in [4.69, 9.17) is 4.74 Å². The maximum absolute atomic E-state index is 13.0. The average molecular weight is 387 g/mol. The van der Waals surface area contributed by atoms with Gasteiger partial charge in [0.15, 0.2) is 0 Å². The minimum Gasteiger partial charge on any atom is -0.460 e. The van der Waals surface area contributed by atoms with E-state index in [0.29, 0.717) is 18.5 Å². The summed E-state index contributed by atoms with van der Waals surface area (Å²) in [5.74, 6) is -0.0785. The number of rotatable bonds is 7. The highest BCUT2D eigenvalue weighted by molar-refractivity contribution is 7.90. The van der Waals surface area contributed by atoms with Crippen molar-refractivity contribution < 1.29 is 17.9 Å². The number of sulfonamides is 1. The van der Waals surface area contributed by atoms with Crippen molar-refractivity contribution in [1.29, 1.82) is 0 Å². The van der Waals surface area contributed by atoms with Gasteiger partial charge in [-0.1, -0.05) is 6.92 Å². The lowest BCUT2D eigenvalue weighted by molar-refractivity contribution is -0.160. The number of fused-ring (bicyclic) bond motifs is 1. The van der Waals surface area contributed by atoms with E-state index in [-0.39, 0.29) is 47.2 Å². The Hall–Kier alpha value is -0.660. The number of carbonyl (C=O) groups excluding carboxylic acids is 1. The van der Waals surface area contributed by atoms with E-state index in [1.165, 1.54) is 0 Å². The van der Waals surface area contributed by atoms with Crippen molar-refractivity contribution in [3.8, 4) is 0 Å². The van der Waals surface area contributed by atoms with E-state index in [1.807, 2.05) is 6.92 Å². The Labute approximate surface area is 158 Å². The molecule has 7 atom stereocenters. The highest BCUT2D eigenvalue weighted by atomic mass is 32.2. The van der Waals surface area contributed by atoms with Crippen LogP contribution in [-0.4, -0.2) is 54.8 Å². The van der Waals surface area contributed by atoms with Gasteiger partial charge in [0, 0.05) is 18.1 Å². The van der Waals surface area contributed by atoms with Gasteiger partial charge in [0.2, 0.25) is 10.0 Å². The van der Waals surface area contributed by atoms with Gasteiger partial charge in [-0.15, -0.1) is 0 Å². The van der Waals surface area contributed by atoms with Crippen LogP contribution in [0.4, 0.5) is 0 Å². The molecule has 2 saturated carbocycles. The quantitative estimate of drug-likeness (QED) is 0.679. The first kappa shape index (κ1) is 20.1. The third kappa shape index (κ3) is 3.20. The van der Waals surface area contributed by atoms with Crippen LogP contribution in [0, 0.1) is 17.8 Å². The van der Waals surface area contributed by atoms with Crippen molar-refractivity contribution in [2.45, 2.75) is 96.3 Å². The highest BCUT2D eigenvalue weighted by Gasteiger charge is 2.64. The fraction of sp³-hybridized carbons (Fsp3) is 0.947. The zero-order chi connectivity index (χ0) is 19.4. The molecule has 0 aromatic rings. The molecular weight excluding hydrogens is 352 g/mol. The van der Waals surface area contributed by atoms with E-state index >= 15 is 0 Å². The molecule has 3 rings (SSSR count). The number of carbonyl (C=O) groups is 1. The van der Waals surface area contributed by atoms with Crippen molar-refractivity contribution in [2.75, 3.05) is 0 Å². The Morgan fingerprint density at radius 3 is 2.31 bits per heavy atom. The van der Waals surface area contributed by atoms with Gasteiger partial charge < -0.3 is 4.74 Å². The first-order chi connectivity index (χ1) is 12.1. The summed E-state index contributed by atoms with van der Waals surface area (Å²) >= 11 is 0. The van der Waals surface area contributed by atoms with E-state index in [2.05, 4.69) is 44.2 Å². The fourth-order valence-corrected chi connectivity index (χ4v) is 7.99. The molecule has 7 unspecified atom stereocenters. The molecule has 1 heterocycles. The molecule has 1 N–H and O–H groups in total. The van der Waals surface area contributed by atoms with E-state index in [1.54, 1.807) is 0 Å². The lowest BCUT2D eigenvalue weighted by Gasteiger charge is -2.40. The maximum atomic E-state index is 13.0. The molecule has 0 spiro atoms. The SMILES string of the molecule is CCC(C(=O)OC1C2CC3C1NS(=O)(=O)C3C2)C(C)N(C(C)C)C(C)C. The first-order valence-electron chi connectivity index (χ1n) is 10.1. The lowest BCUT2D eigenvalue weighted by atomic mass is 9.91. The monoisotopic (exact) mass is 386 g/mol. The second-order valence-corrected chi connectivity index (χ2v) is 10.8. The van der Waals surface area contributed by atoms with Crippen LogP contribution >= 0.6 is 0 Å². The van der Waals surface area contributed by atoms with Crippen LogP contribution in [0.25, 0.3) is 0 Å². The van der Waals surface area contributed by atoms with Crippen molar-refractivity contribution in [2.24, 2.45) is 17.8 Å². The van der Waals surface area contributed by atoms with Gasteiger partial charge >= 0.3 is 5.97 Å². The average Bonchev–Trinajstić information content (AvgIpc) is 3.11.